The van der Waals surface area contributed by atoms with Gasteiger partial charge in [-0.3, -0.25) is 4.79 Å². The average molecular weight is 181 g/mol. The zero-order chi connectivity index (χ0) is 10.1. The molecule has 1 aromatic rings. The van der Waals surface area contributed by atoms with Crippen molar-refractivity contribution in [2.45, 2.75) is 32.6 Å². The Balaban J connectivity index is 2.81. The maximum absolute atomic E-state index is 10.4. The van der Waals surface area contributed by atoms with E-state index < -0.39 is 5.97 Å². The number of carboxylic acid groups (broad SMARTS) is 1. The van der Waals surface area contributed by atoms with E-state index in [0.29, 0.717) is 0 Å². The Bertz CT molecular complexity index is 307. The van der Waals surface area contributed by atoms with E-state index in [1.54, 1.807) is 6.20 Å². The van der Waals surface area contributed by atoms with E-state index in [-0.39, 0.29) is 11.8 Å². The highest BCUT2D eigenvalue weighted by molar-refractivity contribution is 5.70. The smallest absolute Gasteiger partial charge is 0.307 e. The summed E-state index contributed by atoms with van der Waals surface area (Å²) < 4.78 is 0. The van der Waals surface area contributed by atoms with Crippen molar-refractivity contribution >= 4 is 5.97 Å². The number of carboxylic acids is 1. The fourth-order valence-corrected chi connectivity index (χ4v) is 1.15. The molecule has 1 rings (SSSR count). The SMILES string of the molecule is CC(C)(C)c1cc(CC(=O)O)c[nH]1. The van der Waals surface area contributed by atoms with Crippen LogP contribution in [0.5, 0.6) is 0 Å². The first-order valence-electron chi connectivity index (χ1n) is 4.29. The molecule has 0 aliphatic rings. The van der Waals surface area contributed by atoms with Crippen molar-refractivity contribution < 1.29 is 9.90 Å². The lowest BCUT2D eigenvalue weighted by molar-refractivity contribution is -0.136. The highest BCUT2D eigenvalue weighted by Gasteiger charge is 2.15. The molecule has 3 heteroatoms. The molecule has 1 heterocycles. The van der Waals surface area contributed by atoms with Crippen LogP contribution in [-0.4, -0.2) is 16.1 Å². The summed E-state index contributed by atoms with van der Waals surface area (Å²) in [6, 6.07) is 1.91. The van der Waals surface area contributed by atoms with Crippen LogP contribution in [0.15, 0.2) is 12.3 Å². The van der Waals surface area contributed by atoms with Gasteiger partial charge in [0.15, 0.2) is 0 Å². The summed E-state index contributed by atoms with van der Waals surface area (Å²) in [5.74, 6) is -0.792. The van der Waals surface area contributed by atoms with Gasteiger partial charge >= 0.3 is 5.97 Å². The largest absolute Gasteiger partial charge is 0.481 e. The van der Waals surface area contributed by atoms with Crippen LogP contribution < -0.4 is 0 Å². The number of carbonyl (C=O) groups is 1. The number of aromatic nitrogens is 1. The minimum atomic E-state index is -0.792. The zero-order valence-corrected chi connectivity index (χ0v) is 8.22. The van der Waals surface area contributed by atoms with Crippen molar-refractivity contribution in [1.29, 1.82) is 0 Å². The predicted molar refractivity (Wildman–Crippen MR) is 50.8 cm³/mol. The summed E-state index contributed by atoms with van der Waals surface area (Å²) in [6.07, 6.45) is 1.85. The van der Waals surface area contributed by atoms with Gasteiger partial charge in [0.05, 0.1) is 6.42 Å². The van der Waals surface area contributed by atoms with Crippen LogP contribution in [0, 0.1) is 0 Å². The number of nitrogens with one attached hydrogen (secondary N) is 1. The first kappa shape index (κ1) is 9.84. The Hall–Kier alpha value is -1.25. The topological polar surface area (TPSA) is 53.1 Å². The van der Waals surface area contributed by atoms with Crippen LogP contribution in [0.25, 0.3) is 0 Å². The molecule has 0 unspecified atom stereocenters. The lowest BCUT2D eigenvalue weighted by Gasteiger charge is -2.15. The molecule has 3 nitrogen and oxygen atoms in total. The quantitative estimate of drug-likeness (QED) is 0.732. The van der Waals surface area contributed by atoms with Crippen molar-refractivity contribution in [3.05, 3.63) is 23.5 Å². The molecule has 0 atom stereocenters. The third kappa shape index (κ3) is 2.61. The summed E-state index contributed by atoms with van der Waals surface area (Å²) in [5, 5.41) is 8.57. The highest BCUT2D eigenvalue weighted by atomic mass is 16.4. The van der Waals surface area contributed by atoms with E-state index in [0.717, 1.165) is 11.3 Å². The summed E-state index contributed by atoms with van der Waals surface area (Å²) in [6.45, 7) is 6.26. The van der Waals surface area contributed by atoms with Crippen LogP contribution in [0.2, 0.25) is 0 Å². The first-order valence-corrected chi connectivity index (χ1v) is 4.29. The minimum Gasteiger partial charge on any atom is -0.481 e. The van der Waals surface area contributed by atoms with Crippen LogP contribution >= 0.6 is 0 Å². The van der Waals surface area contributed by atoms with Crippen molar-refractivity contribution in [3.63, 3.8) is 0 Å². The van der Waals surface area contributed by atoms with Gasteiger partial charge in [-0.1, -0.05) is 20.8 Å². The predicted octanol–water partition coefficient (Wildman–Crippen LogP) is 1.94. The molecule has 72 valence electrons. The Labute approximate surface area is 77.8 Å². The molecule has 0 aliphatic heterocycles. The molecule has 0 bridgehead atoms. The van der Waals surface area contributed by atoms with Crippen molar-refractivity contribution in [2.24, 2.45) is 0 Å². The molecule has 0 saturated heterocycles. The Morgan fingerprint density at radius 1 is 1.54 bits per heavy atom. The number of hydrogen-bond donors (Lipinski definition) is 2. The van der Waals surface area contributed by atoms with Crippen molar-refractivity contribution in [1.82, 2.24) is 4.98 Å². The lowest BCUT2D eigenvalue weighted by atomic mass is 9.92. The Morgan fingerprint density at radius 3 is 2.54 bits per heavy atom. The number of aromatic amines is 1. The Morgan fingerprint density at radius 2 is 2.15 bits per heavy atom. The van der Waals surface area contributed by atoms with Gasteiger partial charge in [0.25, 0.3) is 0 Å². The van der Waals surface area contributed by atoms with Gasteiger partial charge in [-0.15, -0.1) is 0 Å². The van der Waals surface area contributed by atoms with E-state index >= 15 is 0 Å². The second-order valence-corrected chi connectivity index (χ2v) is 4.24. The van der Waals surface area contributed by atoms with E-state index in [1.165, 1.54) is 0 Å². The molecule has 1 aromatic heterocycles. The molecule has 0 saturated carbocycles. The third-order valence-electron chi connectivity index (χ3n) is 1.91. The molecule has 0 radical (unpaired) electrons. The number of rotatable bonds is 2. The molecule has 2 N–H and O–H groups in total. The summed E-state index contributed by atoms with van der Waals surface area (Å²) in [7, 11) is 0. The molecule has 0 fully saturated rings. The average Bonchev–Trinajstić information content (AvgIpc) is 2.32. The van der Waals surface area contributed by atoms with Gasteiger partial charge in [-0.25, -0.2) is 0 Å². The van der Waals surface area contributed by atoms with Crippen molar-refractivity contribution in [3.8, 4) is 0 Å². The zero-order valence-electron chi connectivity index (χ0n) is 8.22. The number of H-pyrrole nitrogens is 1. The van der Waals surface area contributed by atoms with Crippen LogP contribution in [0.3, 0.4) is 0 Å². The molecule has 0 aliphatic carbocycles. The fourth-order valence-electron chi connectivity index (χ4n) is 1.15. The van der Waals surface area contributed by atoms with Crippen molar-refractivity contribution in [2.75, 3.05) is 0 Å². The Kier molecular flexibility index (Phi) is 2.45. The maximum Gasteiger partial charge on any atom is 0.307 e. The van der Waals surface area contributed by atoms with E-state index in [9.17, 15) is 4.79 Å². The van der Waals surface area contributed by atoms with Gasteiger partial charge in [0.1, 0.15) is 0 Å². The van der Waals surface area contributed by atoms with E-state index in [4.69, 9.17) is 5.11 Å². The second-order valence-electron chi connectivity index (χ2n) is 4.24. The molecular formula is C10H15NO2. The van der Waals surface area contributed by atoms with Crippen LogP contribution in [0.1, 0.15) is 32.0 Å². The molecule has 0 aromatic carbocycles. The standard InChI is InChI=1S/C10H15NO2/c1-10(2,3)8-4-7(6-11-8)5-9(12)13/h4,6,11H,5H2,1-3H3,(H,12,13). The fraction of sp³-hybridized carbons (Fsp3) is 0.500. The van der Waals surface area contributed by atoms with Gasteiger partial charge in [0.2, 0.25) is 0 Å². The molecule has 0 amide bonds. The summed E-state index contributed by atoms with van der Waals surface area (Å²) >= 11 is 0. The minimum absolute atomic E-state index is 0.0523. The third-order valence-corrected chi connectivity index (χ3v) is 1.91. The van der Waals surface area contributed by atoms with E-state index in [1.807, 2.05) is 6.07 Å². The molecule has 13 heavy (non-hydrogen) atoms. The molecule has 0 spiro atoms. The van der Waals surface area contributed by atoms with Gasteiger partial charge in [-0.05, 0) is 11.6 Å². The maximum atomic E-state index is 10.4. The van der Waals surface area contributed by atoms with Gasteiger partial charge in [-0.2, -0.15) is 0 Å². The summed E-state index contributed by atoms with van der Waals surface area (Å²) in [4.78, 5) is 13.5. The van der Waals surface area contributed by atoms with Crippen LogP contribution in [0.4, 0.5) is 0 Å². The van der Waals surface area contributed by atoms with Crippen LogP contribution in [-0.2, 0) is 16.6 Å². The second kappa shape index (κ2) is 3.24. The molecular weight excluding hydrogens is 166 g/mol. The van der Waals surface area contributed by atoms with Gasteiger partial charge < -0.3 is 10.1 Å². The monoisotopic (exact) mass is 181 g/mol. The summed E-state index contributed by atoms with van der Waals surface area (Å²) in [5.41, 5.74) is 1.96. The number of aliphatic carboxylic acids is 1. The highest BCUT2D eigenvalue weighted by Crippen LogP contribution is 2.21. The first-order chi connectivity index (χ1) is 5.89. The normalized spacial score (nSPS) is 11.6. The van der Waals surface area contributed by atoms with E-state index in [2.05, 4.69) is 25.8 Å². The number of hydrogen-bond acceptors (Lipinski definition) is 1. The lowest BCUT2D eigenvalue weighted by Crippen LogP contribution is -2.11. The van der Waals surface area contributed by atoms with Gasteiger partial charge in [0, 0.05) is 17.3 Å².